The Morgan fingerprint density at radius 1 is 1.37 bits per heavy atom. The van der Waals surface area contributed by atoms with Gasteiger partial charge in [0.15, 0.2) is 0 Å². The number of hydrogen-bond donors (Lipinski definition) is 1. The topological polar surface area (TPSA) is 87.2 Å². The summed E-state index contributed by atoms with van der Waals surface area (Å²) in [6.07, 6.45) is 0. The Balaban J connectivity index is 2.55. The lowest BCUT2D eigenvalue weighted by molar-refractivity contribution is -0.118. The van der Waals surface area contributed by atoms with E-state index in [2.05, 4.69) is 5.10 Å². The molecule has 2 rings (SSSR count). The third-order valence-corrected chi connectivity index (χ3v) is 2.55. The largest absolute Gasteiger partial charge is 0.480 e. The van der Waals surface area contributed by atoms with Gasteiger partial charge in [0.1, 0.15) is 6.54 Å². The molecule has 2 N–H and O–H groups in total. The standard InChI is InChI=1S/C13H13N3O3/c1-19-13-10(9-5-3-2-4-6-9)7-12(18)16(15-13)8-11(14)17/h2-7H,8H2,1H3,(H2,14,17). The fourth-order valence-electron chi connectivity index (χ4n) is 1.71. The molecule has 1 amide bonds. The molecule has 0 aliphatic carbocycles. The van der Waals surface area contributed by atoms with Gasteiger partial charge in [0, 0.05) is 6.07 Å². The molecule has 0 bridgehead atoms. The van der Waals surface area contributed by atoms with Crippen molar-refractivity contribution in [3.8, 4) is 17.0 Å². The molecule has 6 nitrogen and oxygen atoms in total. The number of nitrogens with two attached hydrogens (primary N) is 1. The molecular weight excluding hydrogens is 246 g/mol. The second-order valence-corrected chi connectivity index (χ2v) is 3.90. The van der Waals surface area contributed by atoms with Crippen molar-refractivity contribution in [3.05, 3.63) is 46.8 Å². The van der Waals surface area contributed by atoms with E-state index >= 15 is 0 Å². The lowest BCUT2D eigenvalue weighted by Crippen LogP contribution is -2.30. The molecule has 1 aromatic carbocycles. The highest BCUT2D eigenvalue weighted by Gasteiger charge is 2.12. The van der Waals surface area contributed by atoms with Gasteiger partial charge in [0.25, 0.3) is 5.56 Å². The SMILES string of the molecule is COc1nn(CC(N)=O)c(=O)cc1-c1ccccc1. The Morgan fingerprint density at radius 3 is 2.63 bits per heavy atom. The monoisotopic (exact) mass is 259 g/mol. The summed E-state index contributed by atoms with van der Waals surface area (Å²) in [6.45, 7) is -0.274. The maximum Gasteiger partial charge on any atom is 0.268 e. The molecule has 0 saturated carbocycles. The van der Waals surface area contributed by atoms with Gasteiger partial charge in [0.2, 0.25) is 11.8 Å². The first-order valence-corrected chi connectivity index (χ1v) is 5.61. The molecule has 1 heterocycles. The Morgan fingerprint density at radius 2 is 2.05 bits per heavy atom. The summed E-state index contributed by atoms with van der Waals surface area (Å²) in [6, 6.07) is 10.6. The maximum absolute atomic E-state index is 11.9. The van der Waals surface area contributed by atoms with E-state index in [-0.39, 0.29) is 12.4 Å². The number of benzene rings is 1. The summed E-state index contributed by atoms with van der Waals surface area (Å²) >= 11 is 0. The average molecular weight is 259 g/mol. The predicted molar refractivity (Wildman–Crippen MR) is 69.7 cm³/mol. The molecule has 2 aromatic rings. The Bertz CT molecular complexity index is 650. The molecule has 1 aromatic heterocycles. The number of nitrogens with zero attached hydrogens (tertiary/aromatic N) is 2. The molecule has 0 fully saturated rings. The first kappa shape index (κ1) is 12.8. The number of methoxy groups -OCH3 is 1. The van der Waals surface area contributed by atoms with Crippen molar-refractivity contribution >= 4 is 5.91 Å². The average Bonchev–Trinajstić information content (AvgIpc) is 2.41. The third-order valence-electron chi connectivity index (χ3n) is 2.55. The van der Waals surface area contributed by atoms with Crippen molar-refractivity contribution in [2.75, 3.05) is 7.11 Å². The van der Waals surface area contributed by atoms with Crippen molar-refractivity contribution in [1.29, 1.82) is 0 Å². The van der Waals surface area contributed by atoms with Gasteiger partial charge < -0.3 is 10.5 Å². The molecule has 0 radical (unpaired) electrons. The highest BCUT2D eigenvalue weighted by Crippen LogP contribution is 2.25. The second-order valence-electron chi connectivity index (χ2n) is 3.90. The smallest absolute Gasteiger partial charge is 0.268 e. The number of rotatable bonds is 4. The van der Waals surface area contributed by atoms with Crippen LogP contribution in [-0.4, -0.2) is 22.8 Å². The van der Waals surface area contributed by atoms with Gasteiger partial charge in [-0.1, -0.05) is 30.3 Å². The highest BCUT2D eigenvalue weighted by molar-refractivity contribution is 5.73. The van der Waals surface area contributed by atoms with Crippen molar-refractivity contribution in [2.24, 2.45) is 5.73 Å². The zero-order chi connectivity index (χ0) is 13.8. The lowest BCUT2D eigenvalue weighted by atomic mass is 10.1. The number of hydrogen-bond acceptors (Lipinski definition) is 4. The fourth-order valence-corrected chi connectivity index (χ4v) is 1.71. The maximum atomic E-state index is 11.9. The summed E-state index contributed by atoms with van der Waals surface area (Å²) < 4.78 is 6.13. The van der Waals surface area contributed by atoms with Gasteiger partial charge in [-0.15, -0.1) is 5.10 Å². The lowest BCUT2D eigenvalue weighted by Gasteiger charge is -2.09. The van der Waals surface area contributed by atoms with Crippen LogP contribution in [0.5, 0.6) is 5.88 Å². The first-order chi connectivity index (χ1) is 9.11. The minimum atomic E-state index is -0.635. The van der Waals surface area contributed by atoms with Crippen molar-refractivity contribution in [2.45, 2.75) is 6.54 Å². The highest BCUT2D eigenvalue weighted by atomic mass is 16.5. The summed E-state index contributed by atoms with van der Waals surface area (Å²) in [5.74, 6) is -0.365. The minimum absolute atomic E-state index is 0.270. The van der Waals surface area contributed by atoms with Crippen LogP contribution < -0.4 is 16.0 Å². The van der Waals surface area contributed by atoms with Crippen LogP contribution >= 0.6 is 0 Å². The normalized spacial score (nSPS) is 10.2. The van der Waals surface area contributed by atoms with E-state index in [4.69, 9.17) is 10.5 Å². The fraction of sp³-hybridized carbons (Fsp3) is 0.154. The molecule has 0 aliphatic heterocycles. The zero-order valence-corrected chi connectivity index (χ0v) is 10.4. The number of ether oxygens (including phenoxy) is 1. The van der Waals surface area contributed by atoms with E-state index in [1.54, 1.807) is 0 Å². The molecule has 98 valence electrons. The second kappa shape index (κ2) is 5.34. The number of carbonyl (C=O) groups excluding carboxylic acids is 1. The van der Waals surface area contributed by atoms with Crippen LogP contribution in [0.25, 0.3) is 11.1 Å². The quantitative estimate of drug-likeness (QED) is 0.861. The molecule has 0 saturated heterocycles. The Hall–Kier alpha value is -2.63. The van der Waals surface area contributed by atoms with Gasteiger partial charge in [-0.25, -0.2) is 4.68 Å². The van der Waals surface area contributed by atoms with Gasteiger partial charge in [-0.05, 0) is 5.56 Å². The number of carbonyl (C=O) groups is 1. The number of aromatic nitrogens is 2. The van der Waals surface area contributed by atoms with E-state index in [1.807, 2.05) is 30.3 Å². The summed E-state index contributed by atoms with van der Waals surface area (Å²) in [4.78, 5) is 22.7. The van der Waals surface area contributed by atoms with Gasteiger partial charge >= 0.3 is 0 Å². The summed E-state index contributed by atoms with van der Waals surface area (Å²) in [5, 5.41) is 3.99. The van der Waals surface area contributed by atoms with Crippen molar-refractivity contribution < 1.29 is 9.53 Å². The van der Waals surface area contributed by atoms with Crippen LogP contribution in [0, 0.1) is 0 Å². The molecule has 0 atom stereocenters. The van der Waals surface area contributed by atoms with E-state index < -0.39 is 11.5 Å². The van der Waals surface area contributed by atoms with E-state index in [9.17, 15) is 9.59 Å². The van der Waals surface area contributed by atoms with E-state index in [0.29, 0.717) is 5.56 Å². The number of amides is 1. The molecule has 0 unspecified atom stereocenters. The molecule has 6 heteroatoms. The summed E-state index contributed by atoms with van der Waals surface area (Å²) in [7, 11) is 1.45. The Kier molecular flexibility index (Phi) is 3.61. The molecular formula is C13H13N3O3. The van der Waals surface area contributed by atoms with E-state index in [0.717, 1.165) is 10.2 Å². The van der Waals surface area contributed by atoms with Gasteiger partial charge in [0.05, 0.1) is 12.7 Å². The van der Waals surface area contributed by atoms with Crippen LogP contribution in [0.15, 0.2) is 41.2 Å². The van der Waals surface area contributed by atoms with Crippen LogP contribution in [0.4, 0.5) is 0 Å². The van der Waals surface area contributed by atoms with Gasteiger partial charge in [-0.2, -0.15) is 0 Å². The van der Waals surface area contributed by atoms with Crippen molar-refractivity contribution in [3.63, 3.8) is 0 Å². The van der Waals surface area contributed by atoms with Crippen molar-refractivity contribution in [1.82, 2.24) is 9.78 Å². The van der Waals surface area contributed by atoms with Gasteiger partial charge in [-0.3, -0.25) is 9.59 Å². The minimum Gasteiger partial charge on any atom is -0.480 e. The van der Waals surface area contributed by atoms with Crippen LogP contribution in [0.3, 0.4) is 0 Å². The Labute approximate surface area is 109 Å². The van der Waals surface area contributed by atoms with Crippen LogP contribution in [-0.2, 0) is 11.3 Å². The molecule has 0 spiro atoms. The zero-order valence-electron chi connectivity index (χ0n) is 10.4. The molecule has 0 aliphatic rings. The number of primary amides is 1. The molecule has 19 heavy (non-hydrogen) atoms. The predicted octanol–water partition coefficient (Wildman–Crippen LogP) is 0.404. The van der Waals surface area contributed by atoms with Crippen LogP contribution in [0.1, 0.15) is 0 Å². The van der Waals surface area contributed by atoms with E-state index in [1.165, 1.54) is 13.2 Å². The van der Waals surface area contributed by atoms with Crippen LogP contribution in [0.2, 0.25) is 0 Å². The first-order valence-electron chi connectivity index (χ1n) is 5.61. The third kappa shape index (κ3) is 2.79. The summed E-state index contributed by atoms with van der Waals surface area (Å²) in [5.41, 5.74) is 6.04.